The number of pyridine rings is 1. The lowest BCUT2D eigenvalue weighted by molar-refractivity contribution is 1.33. The second-order valence-electron chi connectivity index (χ2n) is 4.99. The third kappa shape index (κ3) is 1.67. The Bertz CT molecular complexity index is 922. The lowest BCUT2D eigenvalue weighted by atomic mass is 10.1. The quantitative estimate of drug-likeness (QED) is 0.559. The Morgan fingerprint density at radius 1 is 1.00 bits per heavy atom. The van der Waals surface area contributed by atoms with Crippen LogP contribution in [0.2, 0.25) is 0 Å². The van der Waals surface area contributed by atoms with E-state index in [9.17, 15) is 0 Å². The molecule has 0 saturated carbocycles. The van der Waals surface area contributed by atoms with Crippen LogP contribution in [0.1, 0.15) is 5.56 Å². The van der Waals surface area contributed by atoms with Crippen LogP contribution in [0.25, 0.3) is 33.2 Å². The Hall–Kier alpha value is -2.68. The number of nitrogens with one attached hydrogen (secondary N) is 1. The first-order valence-electron chi connectivity index (χ1n) is 6.61. The fraction of sp³-hybridized carbons (Fsp3) is 0.0588. The zero-order valence-corrected chi connectivity index (χ0v) is 11.1. The van der Waals surface area contributed by atoms with E-state index in [0.29, 0.717) is 0 Å². The molecule has 0 bridgehead atoms. The van der Waals surface area contributed by atoms with E-state index < -0.39 is 0 Å². The summed E-state index contributed by atoms with van der Waals surface area (Å²) in [7, 11) is 0. The van der Waals surface area contributed by atoms with Gasteiger partial charge in [-0.3, -0.25) is 4.98 Å². The molecule has 3 heteroatoms. The number of fused-ring (bicyclic) bond motifs is 2. The van der Waals surface area contributed by atoms with Crippen LogP contribution in [0, 0.1) is 6.92 Å². The third-order valence-electron chi connectivity index (χ3n) is 3.63. The highest BCUT2D eigenvalue weighted by Gasteiger charge is 2.07. The molecule has 2 aromatic carbocycles. The first-order chi connectivity index (χ1) is 9.81. The smallest absolute Gasteiger partial charge is 0.138 e. The number of para-hydroxylation sites is 1. The van der Waals surface area contributed by atoms with E-state index in [1.54, 1.807) is 0 Å². The molecule has 0 amide bonds. The van der Waals surface area contributed by atoms with Crippen molar-refractivity contribution >= 4 is 21.8 Å². The van der Waals surface area contributed by atoms with Crippen molar-refractivity contribution in [1.82, 2.24) is 15.0 Å². The van der Waals surface area contributed by atoms with Crippen LogP contribution < -0.4 is 0 Å². The van der Waals surface area contributed by atoms with Gasteiger partial charge >= 0.3 is 0 Å². The van der Waals surface area contributed by atoms with E-state index in [-0.39, 0.29) is 0 Å². The molecule has 0 radical (unpaired) electrons. The first-order valence-corrected chi connectivity index (χ1v) is 6.61. The summed E-state index contributed by atoms with van der Waals surface area (Å²) in [6.45, 7) is 2.08. The molecule has 3 nitrogen and oxygen atoms in total. The van der Waals surface area contributed by atoms with Crippen LogP contribution in [-0.4, -0.2) is 15.0 Å². The predicted molar refractivity (Wildman–Crippen MR) is 81.6 cm³/mol. The third-order valence-corrected chi connectivity index (χ3v) is 3.63. The molecule has 0 aliphatic heterocycles. The highest BCUT2D eigenvalue weighted by molar-refractivity contribution is 5.87. The van der Waals surface area contributed by atoms with Gasteiger partial charge in [-0.1, -0.05) is 24.3 Å². The summed E-state index contributed by atoms with van der Waals surface area (Å²) >= 11 is 0. The second-order valence-corrected chi connectivity index (χ2v) is 4.99. The van der Waals surface area contributed by atoms with Gasteiger partial charge in [-0.15, -0.1) is 0 Å². The Kier molecular flexibility index (Phi) is 2.33. The van der Waals surface area contributed by atoms with Gasteiger partial charge in [-0.25, -0.2) is 4.98 Å². The molecule has 0 unspecified atom stereocenters. The van der Waals surface area contributed by atoms with Crippen LogP contribution >= 0.6 is 0 Å². The van der Waals surface area contributed by atoms with Crippen molar-refractivity contribution in [2.75, 3.05) is 0 Å². The number of hydrogen-bond donors (Lipinski definition) is 1. The van der Waals surface area contributed by atoms with E-state index in [0.717, 1.165) is 27.8 Å². The van der Waals surface area contributed by atoms with Crippen LogP contribution in [0.5, 0.6) is 0 Å². The molecule has 4 aromatic rings. The molecule has 96 valence electrons. The molecule has 0 fully saturated rings. The lowest BCUT2D eigenvalue weighted by Crippen LogP contribution is -1.82. The molecular formula is C17H13N3. The molecule has 2 heterocycles. The number of aromatic amines is 1. The maximum atomic E-state index is 4.71. The maximum Gasteiger partial charge on any atom is 0.138 e. The monoisotopic (exact) mass is 259 g/mol. The van der Waals surface area contributed by atoms with Crippen LogP contribution in [0.15, 0.2) is 54.9 Å². The van der Waals surface area contributed by atoms with Gasteiger partial charge in [0.05, 0.1) is 11.0 Å². The van der Waals surface area contributed by atoms with E-state index >= 15 is 0 Å². The van der Waals surface area contributed by atoms with Crippen molar-refractivity contribution in [1.29, 1.82) is 0 Å². The van der Waals surface area contributed by atoms with Crippen LogP contribution in [0.3, 0.4) is 0 Å². The summed E-state index contributed by atoms with van der Waals surface area (Å²) in [4.78, 5) is 12.3. The zero-order chi connectivity index (χ0) is 13.5. The minimum absolute atomic E-state index is 0.903. The second kappa shape index (κ2) is 4.17. The van der Waals surface area contributed by atoms with Crippen molar-refractivity contribution in [3.63, 3.8) is 0 Å². The molecule has 0 aliphatic carbocycles. The average molecular weight is 259 g/mol. The van der Waals surface area contributed by atoms with Crippen LogP contribution in [-0.2, 0) is 0 Å². The molecule has 4 rings (SSSR count). The normalized spacial score (nSPS) is 11.2. The number of nitrogens with zero attached hydrogens (tertiary/aromatic N) is 2. The Balaban J connectivity index is 1.94. The van der Waals surface area contributed by atoms with E-state index in [4.69, 9.17) is 4.98 Å². The van der Waals surface area contributed by atoms with Crippen molar-refractivity contribution in [2.45, 2.75) is 6.92 Å². The summed E-state index contributed by atoms with van der Waals surface area (Å²) in [6.07, 6.45) is 3.69. The molecular weight excluding hydrogens is 246 g/mol. The Labute approximate surface area is 116 Å². The van der Waals surface area contributed by atoms with Gasteiger partial charge in [0.1, 0.15) is 5.82 Å². The summed E-state index contributed by atoms with van der Waals surface area (Å²) in [5.74, 6) is 0.903. The number of aryl methyl sites for hydroxylation is 1. The van der Waals surface area contributed by atoms with E-state index in [1.807, 2.05) is 24.5 Å². The minimum Gasteiger partial charge on any atom is -0.338 e. The largest absolute Gasteiger partial charge is 0.338 e. The number of rotatable bonds is 1. The number of H-pyrrole nitrogens is 1. The Morgan fingerprint density at radius 2 is 1.95 bits per heavy atom. The molecule has 0 saturated heterocycles. The number of aromatic nitrogens is 3. The van der Waals surface area contributed by atoms with Gasteiger partial charge in [-0.05, 0) is 36.1 Å². The van der Waals surface area contributed by atoms with Crippen molar-refractivity contribution in [2.24, 2.45) is 0 Å². The highest BCUT2D eigenvalue weighted by Crippen LogP contribution is 2.25. The molecule has 1 N–H and O–H groups in total. The number of imidazole rings is 1. The van der Waals surface area contributed by atoms with Gasteiger partial charge < -0.3 is 4.98 Å². The van der Waals surface area contributed by atoms with E-state index in [1.165, 1.54) is 10.9 Å². The molecule has 0 aliphatic rings. The number of hydrogen-bond acceptors (Lipinski definition) is 2. The predicted octanol–water partition coefficient (Wildman–Crippen LogP) is 4.09. The summed E-state index contributed by atoms with van der Waals surface area (Å²) < 4.78 is 0. The van der Waals surface area contributed by atoms with E-state index in [2.05, 4.69) is 47.2 Å². The molecule has 0 atom stereocenters. The Morgan fingerprint density at radius 3 is 2.85 bits per heavy atom. The summed E-state index contributed by atoms with van der Waals surface area (Å²) in [5, 5.41) is 2.32. The topological polar surface area (TPSA) is 41.6 Å². The molecule has 20 heavy (non-hydrogen) atoms. The minimum atomic E-state index is 0.903. The first kappa shape index (κ1) is 11.2. The summed E-state index contributed by atoms with van der Waals surface area (Å²) in [5.41, 5.74) is 4.38. The average Bonchev–Trinajstić information content (AvgIpc) is 2.92. The molecule has 0 spiro atoms. The van der Waals surface area contributed by atoms with Gasteiger partial charge in [0.15, 0.2) is 0 Å². The maximum absolute atomic E-state index is 4.71. The molecule has 2 aromatic heterocycles. The van der Waals surface area contributed by atoms with Gasteiger partial charge in [-0.2, -0.15) is 0 Å². The fourth-order valence-corrected chi connectivity index (χ4v) is 2.54. The highest BCUT2D eigenvalue weighted by atomic mass is 14.9. The van der Waals surface area contributed by atoms with Gasteiger partial charge in [0.25, 0.3) is 0 Å². The van der Waals surface area contributed by atoms with Gasteiger partial charge in [0.2, 0.25) is 0 Å². The SMILES string of the molecule is Cc1cccc2[nH]c(-c3ccc4ccncc4c3)nc12. The fourth-order valence-electron chi connectivity index (χ4n) is 2.54. The number of benzene rings is 2. The van der Waals surface area contributed by atoms with Crippen LogP contribution in [0.4, 0.5) is 0 Å². The van der Waals surface area contributed by atoms with Crippen molar-refractivity contribution in [3.05, 3.63) is 60.4 Å². The zero-order valence-electron chi connectivity index (χ0n) is 11.1. The lowest BCUT2D eigenvalue weighted by Gasteiger charge is -2.00. The van der Waals surface area contributed by atoms with Crippen molar-refractivity contribution < 1.29 is 0 Å². The summed E-state index contributed by atoms with van der Waals surface area (Å²) in [6, 6.07) is 14.5. The standard InChI is InChI=1S/C17H13N3/c1-11-3-2-4-15-16(11)20-17(19-15)13-6-5-12-7-8-18-10-14(12)9-13/h2-10H,1H3,(H,19,20). The van der Waals surface area contributed by atoms with Gasteiger partial charge in [0, 0.05) is 23.3 Å². The van der Waals surface area contributed by atoms with Crippen molar-refractivity contribution in [3.8, 4) is 11.4 Å².